The normalized spacial score (nSPS) is 20.1. The molecular formula is C26H23ClN2O2. The number of allylic oxidation sites excluding steroid dienone is 1. The summed E-state index contributed by atoms with van der Waals surface area (Å²) in [5.74, 6) is 1.08. The average molecular weight is 431 g/mol. The predicted octanol–water partition coefficient (Wildman–Crippen LogP) is 6.33. The Morgan fingerprint density at radius 2 is 1.55 bits per heavy atom. The van der Waals surface area contributed by atoms with Crippen LogP contribution in [-0.4, -0.2) is 12.9 Å². The number of halogens is 1. The highest BCUT2D eigenvalue weighted by molar-refractivity contribution is 6.30. The Balaban J connectivity index is 1.58. The number of ether oxygens (including phenoxy) is 1. The fourth-order valence-electron chi connectivity index (χ4n) is 4.51. The minimum atomic E-state index is -0.226. The summed E-state index contributed by atoms with van der Waals surface area (Å²) in [7, 11) is 1.65. The molecule has 5 heteroatoms. The summed E-state index contributed by atoms with van der Waals surface area (Å²) in [6.45, 7) is 0. The van der Waals surface area contributed by atoms with Crippen molar-refractivity contribution in [3.8, 4) is 5.75 Å². The molecule has 2 N–H and O–H groups in total. The van der Waals surface area contributed by atoms with Crippen LogP contribution in [0.5, 0.6) is 5.75 Å². The molecule has 156 valence electrons. The Hall–Kier alpha value is -3.24. The van der Waals surface area contributed by atoms with Crippen LogP contribution in [0.3, 0.4) is 0 Å². The van der Waals surface area contributed by atoms with Crippen molar-refractivity contribution in [3.05, 3.63) is 100 Å². The molecule has 2 unspecified atom stereocenters. The third-order valence-corrected chi connectivity index (χ3v) is 6.35. The van der Waals surface area contributed by atoms with E-state index in [2.05, 4.69) is 10.6 Å². The van der Waals surface area contributed by atoms with E-state index in [9.17, 15) is 4.79 Å². The van der Waals surface area contributed by atoms with Crippen molar-refractivity contribution in [2.24, 2.45) is 0 Å². The van der Waals surface area contributed by atoms with E-state index < -0.39 is 0 Å². The lowest BCUT2D eigenvalue weighted by atomic mass is 9.78. The van der Waals surface area contributed by atoms with E-state index in [1.807, 2.05) is 72.8 Å². The molecular weight excluding hydrogens is 408 g/mol. The number of carbonyl (C=O) groups is 1. The summed E-state index contributed by atoms with van der Waals surface area (Å²) in [5, 5.41) is 7.88. The summed E-state index contributed by atoms with van der Waals surface area (Å²) in [6.07, 6.45) is 1.25. The molecule has 3 aromatic carbocycles. The molecule has 1 aliphatic heterocycles. The smallest absolute Gasteiger partial charge is 0.163 e. The molecule has 0 radical (unpaired) electrons. The number of para-hydroxylation sites is 2. The topological polar surface area (TPSA) is 50.4 Å². The molecule has 4 nitrogen and oxygen atoms in total. The van der Waals surface area contributed by atoms with Crippen molar-refractivity contribution in [3.63, 3.8) is 0 Å². The quantitative estimate of drug-likeness (QED) is 0.509. The van der Waals surface area contributed by atoms with Gasteiger partial charge in [0.1, 0.15) is 5.75 Å². The molecule has 0 bridgehead atoms. The third kappa shape index (κ3) is 3.79. The van der Waals surface area contributed by atoms with E-state index in [1.54, 1.807) is 7.11 Å². The Kier molecular flexibility index (Phi) is 5.16. The zero-order valence-corrected chi connectivity index (χ0v) is 17.9. The van der Waals surface area contributed by atoms with E-state index in [0.29, 0.717) is 11.4 Å². The minimum Gasteiger partial charge on any atom is -0.497 e. The number of hydrogen-bond donors (Lipinski definition) is 2. The lowest BCUT2D eigenvalue weighted by Gasteiger charge is -2.30. The highest BCUT2D eigenvalue weighted by Crippen LogP contribution is 2.44. The van der Waals surface area contributed by atoms with Crippen molar-refractivity contribution >= 4 is 28.8 Å². The maximum Gasteiger partial charge on any atom is 0.163 e. The van der Waals surface area contributed by atoms with Gasteiger partial charge in [0.25, 0.3) is 0 Å². The second-order valence-electron chi connectivity index (χ2n) is 7.99. The van der Waals surface area contributed by atoms with Gasteiger partial charge < -0.3 is 15.4 Å². The third-order valence-electron chi connectivity index (χ3n) is 6.10. The number of anilines is 2. The number of fused-ring (bicyclic) bond motifs is 1. The zero-order chi connectivity index (χ0) is 21.4. The van der Waals surface area contributed by atoms with Crippen LogP contribution in [0, 0.1) is 0 Å². The number of nitrogens with one attached hydrogen (secondary N) is 2. The minimum absolute atomic E-state index is 0.123. The molecule has 0 saturated heterocycles. The highest BCUT2D eigenvalue weighted by Gasteiger charge is 2.36. The lowest BCUT2D eigenvalue weighted by molar-refractivity contribution is -0.116. The molecule has 2 aliphatic rings. The SMILES string of the molecule is COc1ccc(C2Nc3ccccc3NC3=C2C(=O)CC(c2ccc(Cl)cc2)C3)cc1. The van der Waals surface area contributed by atoms with Gasteiger partial charge in [-0.1, -0.05) is 48.0 Å². The first kappa shape index (κ1) is 19.7. The van der Waals surface area contributed by atoms with Gasteiger partial charge in [-0.2, -0.15) is 0 Å². The van der Waals surface area contributed by atoms with Crippen LogP contribution in [0.15, 0.2) is 84.1 Å². The van der Waals surface area contributed by atoms with E-state index in [4.69, 9.17) is 16.3 Å². The molecule has 0 amide bonds. The second kappa shape index (κ2) is 8.12. The van der Waals surface area contributed by atoms with Gasteiger partial charge >= 0.3 is 0 Å². The molecule has 2 atom stereocenters. The Bertz CT molecular complexity index is 1150. The maximum atomic E-state index is 13.5. The molecule has 1 aliphatic carbocycles. The molecule has 3 aromatic rings. The van der Waals surface area contributed by atoms with Crippen LogP contribution in [0.4, 0.5) is 11.4 Å². The molecule has 0 spiro atoms. The van der Waals surface area contributed by atoms with Crippen molar-refractivity contribution in [1.29, 1.82) is 0 Å². The Morgan fingerprint density at radius 1 is 0.871 bits per heavy atom. The van der Waals surface area contributed by atoms with Gasteiger partial charge in [-0.05, 0) is 59.9 Å². The number of rotatable bonds is 3. The fraction of sp³-hybridized carbons (Fsp3) is 0.192. The van der Waals surface area contributed by atoms with Crippen LogP contribution in [0.25, 0.3) is 0 Å². The predicted molar refractivity (Wildman–Crippen MR) is 125 cm³/mol. The number of carbonyl (C=O) groups excluding carboxylic acids is 1. The van der Waals surface area contributed by atoms with Crippen LogP contribution in [0.2, 0.25) is 5.02 Å². The van der Waals surface area contributed by atoms with E-state index >= 15 is 0 Å². The summed E-state index contributed by atoms with van der Waals surface area (Å²) < 4.78 is 5.32. The Morgan fingerprint density at radius 3 is 2.26 bits per heavy atom. The molecule has 0 aromatic heterocycles. The van der Waals surface area contributed by atoms with Crippen molar-refractivity contribution < 1.29 is 9.53 Å². The van der Waals surface area contributed by atoms with Gasteiger partial charge in [0.15, 0.2) is 5.78 Å². The number of Topliss-reactive ketones (excluding diaryl/α,β-unsaturated/α-hetero) is 1. The second-order valence-corrected chi connectivity index (χ2v) is 8.43. The van der Waals surface area contributed by atoms with Gasteiger partial charge in [0.2, 0.25) is 0 Å². The number of hydrogen-bond acceptors (Lipinski definition) is 4. The van der Waals surface area contributed by atoms with Crippen LogP contribution in [0.1, 0.15) is 35.9 Å². The van der Waals surface area contributed by atoms with Gasteiger partial charge in [0, 0.05) is 22.7 Å². The summed E-state index contributed by atoms with van der Waals surface area (Å²) in [4.78, 5) is 13.5. The largest absolute Gasteiger partial charge is 0.497 e. The molecule has 0 fully saturated rings. The van der Waals surface area contributed by atoms with Crippen molar-refractivity contribution in [2.75, 3.05) is 17.7 Å². The first-order valence-corrected chi connectivity index (χ1v) is 10.8. The first-order chi connectivity index (χ1) is 15.1. The Labute approximate surface area is 186 Å². The maximum absolute atomic E-state index is 13.5. The lowest BCUT2D eigenvalue weighted by Crippen LogP contribution is -2.26. The van der Waals surface area contributed by atoms with Crippen LogP contribution in [-0.2, 0) is 4.79 Å². The molecule has 0 saturated carbocycles. The number of methoxy groups -OCH3 is 1. The van der Waals surface area contributed by atoms with E-state index in [0.717, 1.165) is 45.9 Å². The molecule has 31 heavy (non-hydrogen) atoms. The van der Waals surface area contributed by atoms with Crippen molar-refractivity contribution in [2.45, 2.75) is 24.8 Å². The van der Waals surface area contributed by atoms with Crippen molar-refractivity contribution in [1.82, 2.24) is 0 Å². The van der Waals surface area contributed by atoms with Crippen LogP contribution >= 0.6 is 11.6 Å². The standard InChI is InChI=1S/C26H23ClN2O2/c1-31-20-12-8-17(9-13-20)26-25-23(28-21-4-2-3-5-22(21)29-26)14-18(15-24(25)30)16-6-10-19(27)11-7-16/h2-13,18,26,28-29H,14-15H2,1H3. The van der Waals surface area contributed by atoms with Gasteiger partial charge in [0.05, 0.1) is 24.5 Å². The molecule has 5 rings (SSSR count). The van der Waals surface area contributed by atoms with Crippen LogP contribution < -0.4 is 15.4 Å². The fourth-order valence-corrected chi connectivity index (χ4v) is 4.64. The summed E-state index contributed by atoms with van der Waals surface area (Å²) in [6, 6.07) is 23.6. The van der Waals surface area contributed by atoms with Gasteiger partial charge in [-0.15, -0.1) is 0 Å². The summed E-state index contributed by atoms with van der Waals surface area (Å²) in [5.41, 5.74) is 5.92. The zero-order valence-electron chi connectivity index (χ0n) is 17.2. The first-order valence-electron chi connectivity index (χ1n) is 10.4. The number of ketones is 1. The van der Waals surface area contributed by atoms with Gasteiger partial charge in [-0.25, -0.2) is 0 Å². The summed E-state index contributed by atoms with van der Waals surface area (Å²) >= 11 is 6.07. The monoisotopic (exact) mass is 430 g/mol. The van der Waals surface area contributed by atoms with Gasteiger partial charge in [-0.3, -0.25) is 4.79 Å². The molecule has 1 heterocycles. The van der Waals surface area contributed by atoms with E-state index in [-0.39, 0.29) is 17.7 Å². The van der Waals surface area contributed by atoms with E-state index in [1.165, 1.54) is 0 Å². The number of benzene rings is 3. The average Bonchev–Trinajstić information content (AvgIpc) is 2.96. The highest BCUT2D eigenvalue weighted by atomic mass is 35.5.